The molecule has 39 heavy (non-hydrogen) atoms. The lowest BCUT2D eigenvalue weighted by atomic mass is 10.0. The van der Waals surface area contributed by atoms with E-state index in [9.17, 15) is 9.59 Å². The van der Waals surface area contributed by atoms with Gasteiger partial charge in [0.2, 0.25) is 0 Å². The summed E-state index contributed by atoms with van der Waals surface area (Å²) in [6.45, 7) is 4.43. The maximum absolute atomic E-state index is 13.8. The third-order valence-corrected chi connectivity index (χ3v) is 7.12. The molecule has 0 N–H and O–H groups in total. The normalized spacial score (nSPS) is 13.6. The van der Waals surface area contributed by atoms with E-state index in [4.69, 9.17) is 28.6 Å². The van der Waals surface area contributed by atoms with Crippen LogP contribution in [0.1, 0.15) is 22.3 Å². The minimum Gasteiger partial charge on any atom is -0.488 e. The van der Waals surface area contributed by atoms with Gasteiger partial charge in [0.1, 0.15) is 17.9 Å². The summed E-state index contributed by atoms with van der Waals surface area (Å²) >= 11 is 12.0. The number of ether oxygens (including phenoxy) is 1. The smallest absolute Gasteiger partial charge is 0.270 e. The van der Waals surface area contributed by atoms with Crippen molar-refractivity contribution in [2.24, 2.45) is 0 Å². The third-order valence-electron chi connectivity index (χ3n) is 6.52. The number of hydrogen-bond acceptors (Lipinski definition) is 4. The molecule has 5 rings (SSSR count). The molecule has 194 valence electrons. The van der Waals surface area contributed by atoms with E-state index in [0.29, 0.717) is 34.3 Å². The topological polar surface area (TPSA) is 49.9 Å². The zero-order chi connectivity index (χ0) is 27.5. The average molecular weight is 553 g/mol. The van der Waals surface area contributed by atoms with E-state index < -0.39 is 11.8 Å². The Bertz CT molecular complexity index is 1540. The number of amides is 2. The highest BCUT2D eigenvalue weighted by molar-refractivity contribution is 7.81. The molecule has 0 saturated carbocycles. The van der Waals surface area contributed by atoms with Crippen LogP contribution in [-0.2, 0) is 16.2 Å². The number of carbonyl (C=O) groups is 2. The summed E-state index contributed by atoms with van der Waals surface area (Å²) in [7, 11) is 0. The van der Waals surface area contributed by atoms with Crippen LogP contribution in [0.2, 0.25) is 5.02 Å². The number of thiocarbonyl (C=S) groups is 1. The number of rotatable bonds is 6. The fourth-order valence-corrected chi connectivity index (χ4v) is 4.87. The molecule has 0 unspecified atom stereocenters. The Kier molecular flexibility index (Phi) is 7.59. The molecule has 0 radical (unpaired) electrons. The summed E-state index contributed by atoms with van der Waals surface area (Å²) in [6.07, 6.45) is 1.53. The van der Waals surface area contributed by atoms with Crippen LogP contribution in [0.4, 0.5) is 11.4 Å². The van der Waals surface area contributed by atoms with Crippen molar-refractivity contribution in [3.05, 3.63) is 130 Å². The highest BCUT2D eigenvalue weighted by Gasteiger charge is 2.41. The Morgan fingerprint density at radius 1 is 0.769 bits per heavy atom. The lowest BCUT2D eigenvalue weighted by Crippen LogP contribution is -2.56. The van der Waals surface area contributed by atoms with Crippen LogP contribution < -0.4 is 14.5 Å². The van der Waals surface area contributed by atoms with Crippen molar-refractivity contribution >= 4 is 58.2 Å². The molecule has 1 aliphatic heterocycles. The lowest BCUT2D eigenvalue weighted by Gasteiger charge is -2.36. The van der Waals surface area contributed by atoms with Gasteiger partial charge in [-0.2, -0.15) is 0 Å². The van der Waals surface area contributed by atoms with Crippen molar-refractivity contribution in [2.45, 2.75) is 20.5 Å². The van der Waals surface area contributed by atoms with Gasteiger partial charge in [0, 0.05) is 10.6 Å². The minimum absolute atomic E-state index is 0.0606. The first-order valence-electron chi connectivity index (χ1n) is 12.4. The Labute approximate surface area is 237 Å². The van der Waals surface area contributed by atoms with Crippen LogP contribution in [-0.4, -0.2) is 16.9 Å². The molecule has 0 atom stereocenters. The Balaban J connectivity index is 1.57. The maximum Gasteiger partial charge on any atom is 0.270 e. The molecule has 1 heterocycles. The second kappa shape index (κ2) is 11.2. The number of para-hydroxylation sites is 2. The second-order valence-corrected chi connectivity index (χ2v) is 9.98. The van der Waals surface area contributed by atoms with E-state index in [0.717, 1.165) is 5.56 Å². The molecular weight excluding hydrogens is 528 g/mol. The van der Waals surface area contributed by atoms with Gasteiger partial charge in [0.15, 0.2) is 5.11 Å². The van der Waals surface area contributed by atoms with Crippen molar-refractivity contribution in [1.82, 2.24) is 0 Å². The summed E-state index contributed by atoms with van der Waals surface area (Å²) in [6, 6.07) is 29.3. The molecular formula is C32H25ClN2O3S. The highest BCUT2D eigenvalue weighted by atomic mass is 35.5. The molecule has 1 aliphatic rings. The van der Waals surface area contributed by atoms with E-state index in [1.165, 1.54) is 27.0 Å². The SMILES string of the molecule is Cc1ccc(COc2ccc(Cl)cc2C=C2C(=O)N(c3ccccc3)C(=S)N(c3ccccc3)C2=O)cc1C. The molecule has 0 aromatic heterocycles. The fourth-order valence-electron chi connectivity index (χ4n) is 4.31. The standard InChI is InChI=1S/C32H25ClN2O3S/c1-21-13-14-23(17-22(21)2)20-38-29-16-15-25(33)18-24(29)19-28-30(36)34(26-9-5-3-6-10-26)32(39)35(31(28)37)27-11-7-4-8-12-27/h3-19H,20H2,1-2H3. The average Bonchev–Trinajstić information content (AvgIpc) is 2.93. The van der Waals surface area contributed by atoms with Gasteiger partial charge in [-0.1, -0.05) is 66.2 Å². The van der Waals surface area contributed by atoms with E-state index >= 15 is 0 Å². The van der Waals surface area contributed by atoms with Gasteiger partial charge < -0.3 is 4.74 Å². The van der Waals surface area contributed by atoms with Gasteiger partial charge in [-0.3, -0.25) is 19.4 Å². The monoisotopic (exact) mass is 552 g/mol. The lowest BCUT2D eigenvalue weighted by molar-refractivity contribution is -0.120. The fraction of sp³-hybridized carbons (Fsp3) is 0.0938. The highest BCUT2D eigenvalue weighted by Crippen LogP contribution is 2.32. The summed E-state index contributed by atoms with van der Waals surface area (Å²) < 4.78 is 6.15. The number of anilines is 2. The predicted molar refractivity (Wildman–Crippen MR) is 160 cm³/mol. The quantitative estimate of drug-likeness (QED) is 0.143. The largest absolute Gasteiger partial charge is 0.488 e. The van der Waals surface area contributed by atoms with E-state index in [1.807, 2.05) is 42.5 Å². The molecule has 1 saturated heterocycles. The molecule has 0 spiro atoms. The van der Waals surface area contributed by atoms with Crippen LogP contribution in [0.15, 0.2) is 103 Å². The zero-order valence-corrected chi connectivity index (χ0v) is 23.0. The van der Waals surface area contributed by atoms with Gasteiger partial charge in [0.25, 0.3) is 11.8 Å². The molecule has 5 nitrogen and oxygen atoms in total. The van der Waals surface area contributed by atoms with Crippen LogP contribution in [0.5, 0.6) is 5.75 Å². The van der Waals surface area contributed by atoms with Crippen molar-refractivity contribution in [3.8, 4) is 5.75 Å². The van der Waals surface area contributed by atoms with E-state index in [2.05, 4.69) is 26.0 Å². The number of benzene rings is 4. The van der Waals surface area contributed by atoms with E-state index in [-0.39, 0.29) is 10.7 Å². The molecule has 2 amide bonds. The summed E-state index contributed by atoms with van der Waals surface area (Å²) in [5.74, 6) is -0.552. The Hall–Kier alpha value is -4.26. The second-order valence-electron chi connectivity index (χ2n) is 9.18. The zero-order valence-electron chi connectivity index (χ0n) is 21.4. The first-order chi connectivity index (χ1) is 18.8. The molecule has 0 aliphatic carbocycles. The van der Waals surface area contributed by atoms with Crippen molar-refractivity contribution in [3.63, 3.8) is 0 Å². The molecule has 7 heteroatoms. The van der Waals surface area contributed by atoms with Gasteiger partial charge in [0.05, 0.1) is 11.4 Å². The molecule has 0 bridgehead atoms. The van der Waals surface area contributed by atoms with Gasteiger partial charge in [-0.05, 0) is 91.3 Å². The van der Waals surface area contributed by atoms with Crippen LogP contribution in [0.3, 0.4) is 0 Å². The van der Waals surface area contributed by atoms with Crippen LogP contribution in [0.25, 0.3) is 6.08 Å². The van der Waals surface area contributed by atoms with Crippen molar-refractivity contribution < 1.29 is 14.3 Å². The Morgan fingerprint density at radius 3 is 1.92 bits per heavy atom. The van der Waals surface area contributed by atoms with E-state index in [1.54, 1.807) is 42.5 Å². The minimum atomic E-state index is -0.525. The first-order valence-corrected chi connectivity index (χ1v) is 13.2. The number of halogens is 1. The summed E-state index contributed by atoms with van der Waals surface area (Å²) in [5.41, 5.74) is 4.95. The maximum atomic E-state index is 13.8. The van der Waals surface area contributed by atoms with Crippen LogP contribution >= 0.6 is 23.8 Å². The third kappa shape index (κ3) is 5.48. The predicted octanol–water partition coefficient (Wildman–Crippen LogP) is 7.28. The summed E-state index contributed by atoms with van der Waals surface area (Å²) in [4.78, 5) is 30.4. The van der Waals surface area contributed by atoms with Crippen LogP contribution in [0, 0.1) is 13.8 Å². The number of nitrogens with zero attached hydrogens (tertiary/aromatic N) is 2. The number of hydrogen-bond donors (Lipinski definition) is 0. The summed E-state index contributed by atoms with van der Waals surface area (Å²) in [5, 5.41) is 0.531. The number of aryl methyl sites for hydroxylation is 2. The van der Waals surface area contributed by atoms with Gasteiger partial charge >= 0.3 is 0 Å². The number of carbonyl (C=O) groups excluding carboxylic acids is 2. The van der Waals surface area contributed by atoms with Gasteiger partial charge in [-0.15, -0.1) is 0 Å². The van der Waals surface area contributed by atoms with Crippen molar-refractivity contribution in [1.29, 1.82) is 0 Å². The molecule has 4 aromatic rings. The molecule has 1 fully saturated rings. The Morgan fingerprint density at radius 2 is 1.36 bits per heavy atom. The van der Waals surface area contributed by atoms with Crippen molar-refractivity contribution in [2.75, 3.05) is 9.80 Å². The molecule has 4 aromatic carbocycles. The van der Waals surface area contributed by atoms with Gasteiger partial charge in [-0.25, -0.2) is 0 Å². The first kappa shape index (κ1) is 26.4.